The van der Waals surface area contributed by atoms with Crippen LogP contribution in [0.4, 0.5) is 0 Å². The van der Waals surface area contributed by atoms with Crippen LogP contribution < -0.4 is 16.2 Å². The van der Waals surface area contributed by atoms with Crippen LogP contribution in [0.1, 0.15) is 31.9 Å². The molecule has 2 saturated heterocycles. The molecule has 6 heteroatoms. The Kier molecular flexibility index (Phi) is 5.65. The molecule has 2 fully saturated rings. The molecule has 3 atom stereocenters. The zero-order valence-corrected chi connectivity index (χ0v) is 16.9. The van der Waals surface area contributed by atoms with E-state index in [1.807, 2.05) is 32.0 Å². The van der Waals surface area contributed by atoms with Gasteiger partial charge in [-0.3, -0.25) is 15.0 Å². The van der Waals surface area contributed by atoms with E-state index in [1.54, 1.807) is 4.90 Å². The molecule has 2 amide bonds. The number of hydrogen-bond acceptors (Lipinski definition) is 4. The highest BCUT2D eigenvalue weighted by Gasteiger charge is 2.42. The second kappa shape index (κ2) is 8.35. The first-order valence-electron chi connectivity index (χ1n) is 10.3. The molecule has 6 nitrogen and oxygen atoms in total. The zero-order chi connectivity index (χ0) is 20.4. The first-order chi connectivity index (χ1) is 14.0. The first kappa shape index (κ1) is 19.6. The lowest BCUT2D eigenvalue weighted by molar-refractivity contribution is -0.147. The van der Waals surface area contributed by atoms with Gasteiger partial charge in [0, 0.05) is 31.1 Å². The van der Waals surface area contributed by atoms with E-state index in [2.05, 4.69) is 52.6 Å². The molecule has 0 bridgehead atoms. The zero-order valence-electron chi connectivity index (χ0n) is 16.9. The van der Waals surface area contributed by atoms with Gasteiger partial charge in [-0.1, -0.05) is 54.6 Å². The molecule has 2 aliphatic rings. The van der Waals surface area contributed by atoms with Crippen LogP contribution in [0.15, 0.2) is 54.6 Å². The third kappa shape index (κ3) is 4.18. The second-order valence-corrected chi connectivity index (χ2v) is 8.19. The highest BCUT2D eigenvalue weighted by molar-refractivity contribution is 6.35. The number of likely N-dealkylation sites (tertiary alicyclic amines) is 1. The Morgan fingerprint density at radius 1 is 1.00 bits per heavy atom. The number of piperidine rings is 1. The molecule has 3 unspecified atom stereocenters. The summed E-state index contributed by atoms with van der Waals surface area (Å²) in [5, 5.41) is 2.70. The number of amides is 2. The highest BCUT2D eigenvalue weighted by atomic mass is 16.2. The van der Waals surface area contributed by atoms with Crippen LogP contribution in [0.25, 0.3) is 11.1 Å². The fourth-order valence-corrected chi connectivity index (χ4v) is 4.30. The molecular weight excluding hydrogens is 364 g/mol. The summed E-state index contributed by atoms with van der Waals surface area (Å²) in [7, 11) is 0. The molecular formula is C23H28N4O2. The van der Waals surface area contributed by atoms with Crippen molar-refractivity contribution in [1.82, 2.24) is 21.1 Å². The van der Waals surface area contributed by atoms with Crippen molar-refractivity contribution in [2.24, 2.45) is 5.92 Å². The Hall–Kier alpha value is -2.70. The lowest BCUT2D eigenvalue weighted by atomic mass is 9.84. The van der Waals surface area contributed by atoms with Crippen molar-refractivity contribution in [3.8, 4) is 11.1 Å². The van der Waals surface area contributed by atoms with Gasteiger partial charge in [-0.25, -0.2) is 5.43 Å². The number of nitrogens with one attached hydrogen (secondary N) is 3. The Balaban J connectivity index is 1.47. The second-order valence-electron chi connectivity index (χ2n) is 8.19. The molecule has 0 aliphatic carbocycles. The molecule has 2 aromatic rings. The number of nitrogens with zero attached hydrogens (tertiary/aromatic N) is 1. The maximum Gasteiger partial charge on any atom is 0.311 e. The minimum atomic E-state index is -0.513. The fourth-order valence-electron chi connectivity index (χ4n) is 4.30. The largest absolute Gasteiger partial charge is 0.346 e. The molecule has 0 aromatic heterocycles. The number of fused-ring (bicyclic) bond motifs is 1. The Morgan fingerprint density at radius 2 is 1.69 bits per heavy atom. The SMILES string of the molecule is CC(C)NC(=O)C(=O)N1CCC2NNC(c3ccc(-c4ccccc4)cc3)C2C1. The van der Waals surface area contributed by atoms with Crippen molar-refractivity contribution in [1.29, 1.82) is 0 Å². The highest BCUT2D eigenvalue weighted by Crippen LogP contribution is 2.34. The summed E-state index contributed by atoms with van der Waals surface area (Å²) in [5.74, 6) is -0.717. The summed E-state index contributed by atoms with van der Waals surface area (Å²) in [6.07, 6.45) is 0.830. The number of hydrogen-bond donors (Lipinski definition) is 3. The summed E-state index contributed by atoms with van der Waals surface area (Å²) in [5.41, 5.74) is 10.4. The van der Waals surface area contributed by atoms with Gasteiger partial charge in [0.05, 0.1) is 6.04 Å². The van der Waals surface area contributed by atoms with Crippen LogP contribution in [0.2, 0.25) is 0 Å². The number of rotatable bonds is 3. The van der Waals surface area contributed by atoms with E-state index in [0.717, 1.165) is 6.42 Å². The average molecular weight is 393 g/mol. The number of carbonyl (C=O) groups is 2. The van der Waals surface area contributed by atoms with Crippen LogP contribution in [-0.2, 0) is 9.59 Å². The van der Waals surface area contributed by atoms with Crippen LogP contribution in [-0.4, -0.2) is 41.9 Å². The van der Waals surface area contributed by atoms with E-state index >= 15 is 0 Å². The van der Waals surface area contributed by atoms with Gasteiger partial charge in [0.25, 0.3) is 0 Å². The summed E-state index contributed by atoms with van der Waals surface area (Å²) >= 11 is 0. The summed E-state index contributed by atoms with van der Waals surface area (Å²) in [4.78, 5) is 26.4. The van der Waals surface area contributed by atoms with Crippen molar-refractivity contribution in [3.63, 3.8) is 0 Å². The van der Waals surface area contributed by atoms with Gasteiger partial charge in [0.15, 0.2) is 0 Å². The van der Waals surface area contributed by atoms with Gasteiger partial charge in [-0.15, -0.1) is 0 Å². The van der Waals surface area contributed by atoms with E-state index in [0.29, 0.717) is 19.1 Å². The van der Waals surface area contributed by atoms with Gasteiger partial charge in [-0.05, 0) is 37.0 Å². The number of benzene rings is 2. The normalized spacial score (nSPS) is 23.7. The van der Waals surface area contributed by atoms with Crippen molar-refractivity contribution < 1.29 is 9.59 Å². The van der Waals surface area contributed by atoms with Gasteiger partial charge < -0.3 is 10.2 Å². The number of hydrazine groups is 1. The third-order valence-corrected chi connectivity index (χ3v) is 5.79. The standard InChI is InChI=1S/C23H28N4O2/c1-15(2)24-22(28)23(29)27-13-12-20-19(14-27)21(26-25-20)18-10-8-17(9-11-18)16-6-4-3-5-7-16/h3-11,15,19-21,25-26H,12-14H2,1-2H3,(H,24,28). The lowest BCUT2D eigenvalue weighted by Gasteiger charge is -2.36. The molecule has 0 spiro atoms. The van der Waals surface area contributed by atoms with E-state index in [4.69, 9.17) is 0 Å². The maximum absolute atomic E-state index is 12.5. The summed E-state index contributed by atoms with van der Waals surface area (Å²) in [6.45, 7) is 4.88. The minimum Gasteiger partial charge on any atom is -0.346 e. The van der Waals surface area contributed by atoms with Crippen LogP contribution in [0, 0.1) is 5.92 Å². The van der Waals surface area contributed by atoms with Crippen LogP contribution >= 0.6 is 0 Å². The quantitative estimate of drug-likeness (QED) is 0.701. The lowest BCUT2D eigenvalue weighted by Crippen LogP contribution is -2.52. The van der Waals surface area contributed by atoms with Crippen molar-refractivity contribution in [2.45, 2.75) is 38.4 Å². The Bertz CT molecular complexity index is 866. The molecule has 2 heterocycles. The van der Waals surface area contributed by atoms with Crippen molar-refractivity contribution in [2.75, 3.05) is 13.1 Å². The van der Waals surface area contributed by atoms with E-state index in [-0.39, 0.29) is 18.0 Å². The summed E-state index contributed by atoms with van der Waals surface area (Å²) < 4.78 is 0. The first-order valence-corrected chi connectivity index (χ1v) is 10.3. The van der Waals surface area contributed by atoms with E-state index in [1.165, 1.54) is 16.7 Å². The van der Waals surface area contributed by atoms with E-state index < -0.39 is 11.8 Å². The number of carbonyl (C=O) groups excluding carboxylic acids is 2. The Morgan fingerprint density at radius 3 is 2.38 bits per heavy atom. The molecule has 0 radical (unpaired) electrons. The third-order valence-electron chi connectivity index (χ3n) is 5.79. The van der Waals surface area contributed by atoms with Crippen LogP contribution in [0.3, 0.4) is 0 Å². The Labute approximate surface area is 171 Å². The smallest absolute Gasteiger partial charge is 0.311 e. The van der Waals surface area contributed by atoms with Gasteiger partial charge in [-0.2, -0.15) is 0 Å². The van der Waals surface area contributed by atoms with Crippen molar-refractivity contribution in [3.05, 3.63) is 60.2 Å². The predicted molar refractivity (Wildman–Crippen MR) is 113 cm³/mol. The fraction of sp³-hybridized carbons (Fsp3) is 0.391. The molecule has 0 saturated carbocycles. The molecule has 29 heavy (non-hydrogen) atoms. The van der Waals surface area contributed by atoms with Crippen molar-refractivity contribution >= 4 is 11.8 Å². The monoisotopic (exact) mass is 392 g/mol. The topological polar surface area (TPSA) is 73.5 Å². The summed E-state index contributed by atoms with van der Waals surface area (Å²) in [6, 6.07) is 19.2. The van der Waals surface area contributed by atoms with Gasteiger partial charge in [0.1, 0.15) is 0 Å². The van der Waals surface area contributed by atoms with E-state index in [9.17, 15) is 9.59 Å². The molecule has 4 rings (SSSR count). The average Bonchev–Trinajstić information content (AvgIpc) is 3.16. The molecule has 3 N–H and O–H groups in total. The van der Waals surface area contributed by atoms with Crippen LogP contribution in [0.5, 0.6) is 0 Å². The van der Waals surface area contributed by atoms with Gasteiger partial charge >= 0.3 is 11.8 Å². The van der Waals surface area contributed by atoms with Gasteiger partial charge in [0.2, 0.25) is 0 Å². The molecule has 152 valence electrons. The predicted octanol–water partition coefficient (Wildman–Crippen LogP) is 2.24. The minimum absolute atomic E-state index is 0.0466. The maximum atomic E-state index is 12.5. The molecule has 2 aliphatic heterocycles. The molecule has 2 aromatic carbocycles.